The van der Waals surface area contributed by atoms with Crippen LogP contribution < -0.4 is 5.32 Å². The van der Waals surface area contributed by atoms with Crippen LogP contribution in [0.4, 0.5) is 0 Å². The molecule has 1 saturated heterocycles. The van der Waals surface area contributed by atoms with Gasteiger partial charge in [-0.15, -0.1) is 0 Å². The monoisotopic (exact) mass is 218 g/mol. The largest absolute Gasteiger partial charge is 0.351 e. The third-order valence-corrected chi connectivity index (χ3v) is 2.95. The van der Waals surface area contributed by atoms with Gasteiger partial charge in [0.2, 0.25) is 5.91 Å². The van der Waals surface area contributed by atoms with Gasteiger partial charge in [0.05, 0.1) is 6.54 Å². The normalized spacial score (nSPS) is 21.8. The predicted octanol–water partition coefficient (Wildman–Crippen LogP) is 1.40. The van der Waals surface area contributed by atoms with Crippen molar-refractivity contribution in [3.05, 3.63) is 35.9 Å². The average Bonchev–Trinajstić information content (AvgIpc) is 2.29. The molecule has 0 unspecified atom stereocenters. The fourth-order valence-electron chi connectivity index (χ4n) is 2.09. The first-order chi connectivity index (χ1) is 7.78. The van der Waals surface area contributed by atoms with Gasteiger partial charge in [0.1, 0.15) is 0 Å². The molecule has 1 amide bonds. The molecular weight excluding hydrogens is 200 g/mol. The fourth-order valence-corrected chi connectivity index (χ4v) is 2.09. The van der Waals surface area contributed by atoms with Crippen molar-refractivity contribution < 1.29 is 4.79 Å². The molecule has 0 saturated carbocycles. The lowest BCUT2D eigenvalue weighted by molar-refractivity contribution is -0.125. The molecule has 0 spiro atoms. The summed E-state index contributed by atoms with van der Waals surface area (Å²) in [7, 11) is 0. The molecule has 1 N–H and O–H groups in total. The van der Waals surface area contributed by atoms with E-state index in [0.29, 0.717) is 12.6 Å². The van der Waals surface area contributed by atoms with E-state index in [-0.39, 0.29) is 5.91 Å². The summed E-state index contributed by atoms with van der Waals surface area (Å²) in [6, 6.07) is 10.6. The molecule has 1 fully saturated rings. The number of hydrogen-bond acceptors (Lipinski definition) is 2. The Bertz CT molecular complexity index is 350. The number of amides is 1. The highest BCUT2D eigenvalue weighted by atomic mass is 16.2. The zero-order chi connectivity index (χ0) is 11.4. The third-order valence-electron chi connectivity index (χ3n) is 2.95. The summed E-state index contributed by atoms with van der Waals surface area (Å²) in [6.45, 7) is 4.45. The van der Waals surface area contributed by atoms with Gasteiger partial charge in [-0.05, 0) is 12.0 Å². The van der Waals surface area contributed by atoms with Crippen LogP contribution in [0.25, 0.3) is 0 Å². The number of carbonyl (C=O) groups excluding carboxylic acids is 1. The average molecular weight is 218 g/mol. The maximum Gasteiger partial charge on any atom is 0.234 e. The van der Waals surface area contributed by atoms with Crippen LogP contribution in [0, 0.1) is 0 Å². The van der Waals surface area contributed by atoms with Gasteiger partial charge in [-0.25, -0.2) is 0 Å². The maximum absolute atomic E-state index is 11.5. The van der Waals surface area contributed by atoms with Gasteiger partial charge in [-0.2, -0.15) is 0 Å². The van der Waals surface area contributed by atoms with Crippen molar-refractivity contribution in [2.45, 2.75) is 25.9 Å². The number of piperazine rings is 1. The van der Waals surface area contributed by atoms with Crippen LogP contribution in [-0.2, 0) is 11.3 Å². The van der Waals surface area contributed by atoms with Crippen LogP contribution in [0.1, 0.15) is 18.9 Å². The Morgan fingerprint density at radius 2 is 2.12 bits per heavy atom. The summed E-state index contributed by atoms with van der Waals surface area (Å²) < 4.78 is 0. The minimum absolute atomic E-state index is 0.147. The molecule has 1 aliphatic heterocycles. The van der Waals surface area contributed by atoms with E-state index in [2.05, 4.69) is 29.3 Å². The first kappa shape index (κ1) is 11.1. The molecule has 3 heteroatoms. The number of hydrogen-bond donors (Lipinski definition) is 1. The number of nitrogens with one attached hydrogen (secondary N) is 1. The Balaban J connectivity index is 1.97. The molecule has 16 heavy (non-hydrogen) atoms. The van der Waals surface area contributed by atoms with Crippen molar-refractivity contribution in [1.29, 1.82) is 0 Å². The van der Waals surface area contributed by atoms with E-state index in [0.717, 1.165) is 19.5 Å². The highest BCUT2D eigenvalue weighted by Crippen LogP contribution is 2.09. The molecule has 86 valence electrons. The van der Waals surface area contributed by atoms with E-state index < -0.39 is 0 Å². The lowest BCUT2D eigenvalue weighted by Gasteiger charge is -2.32. The molecule has 2 rings (SSSR count). The van der Waals surface area contributed by atoms with E-state index in [9.17, 15) is 4.79 Å². The second-order valence-corrected chi connectivity index (χ2v) is 4.33. The Morgan fingerprint density at radius 3 is 2.81 bits per heavy atom. The van der Waals surface area contributed by atoms with E-state index >= 15 is 0 Å². The molecule has 0 aliphatic carbocycles. The van der Waals surface area contributed by atoms with Crippen LogP contribution in [0.3, 0.4) is 0 Å². The first-order valence-electron chi connectivity index (χ1n) is 5.83. The molecule has 1 aliphatic rings. The van der Waals surface area contributed by atoms with Crippen molar-refractivity contribution >= 4 is 5.91 Å². The topological polar surface area (TPSA) is 32.3 Å². The Morgan fingerprint density at radius 1 is 1.38 bits per heavy atom. The van der Waals surface area contributed by atoms with Gasteiger partial charge >= 0.3 is 0 Å². The first-order valence-corrected chi connectivity index (χ1v) is 5.83. The number of rotatable bonds is 3. The molecule has 0 bridgehead atoms. The fraction of sp³-hybridized carbons (Fsp3) is 0.462. The second kappa shape index (κ2) is 5.12. The minimum Gasteiger partial charge on any atom is -0.351 e. The molecule has 3 nitrogen and oxygen atoms in total. The number of carbonyl (C=O) groups is 1. The van der Waals surface area contributed by atoms with Crippen molar-refractivity contribution in [1.82, 2.24) is 10.2 Å². The van der Waals surface area contributed by atoms with E-state index in [1.807, 2.05) is 18.2 Å². The lowest BCUT2D eigenvalue weighted by Crippen LogP contribution is -2.53. The third kappa shape index (κ3) is 2.83. The SMILES string of the molecule is CC[C@H]1CN(Cc2ccccc2)CC(=O)N1. The quantitative estimate of drug-likeness (QED) is 0.831. The van der Waals surface area contributed by atoms with Crippen molar-refractivity contribution in [3.63, 3.8) is 0 Å². The minimum atomic E-state index is 0.147. The Hall–Kier alpha value is -1.35. The second-order valence-electron chi connectivity index (χ2n) is 4.33. The summed E-state index contributed by atoms with van der Waals surface area (Å²) >= 11 is 0. The summed E-state index contributed by atoms with van der Waals surface area (Å²) in [4.78, 5) is 13.7. The van der Waals surface area contributed by atoms with Crippen molar-refractivity contribution in [2.24, 2.45) is 0 Å². The van der Waals surface area contributed by atoms with E-state index in [1.54, 1.807) is 0 Å². The van der Waals surface area contributed by atoms with Crippen LogP contribution in [0.2, 0.25) is 0 Å². The zero-order valence-corrected chi connectivity index (χ0v) is 9.65. The summed E-state index contributed by atoms with van der Waals surface area (Å²) in [5, 5.41) is 3.00. The smallest absolute Gasteiger partial charge is 0.234 e. The molecule has 1 aromatic carbocycles. The van der Waals surface area contributed by atoms with Gasteiger partial charge < -0.3 is 5.32 Å². The molecule has 0 radical (unpaired) electrons. The van der Waals surface area contributed by atoms with Crippen molar-refractivity contribution in [2.75, 3.05) is 13.1 Å². The summed E-state index contributed by atoms with van der Waals surface area (Å²) in [5.74, 6) is 0.147. The molecular formula is C13H18N2O. The highest BCUT2D eigenvalue weighted by molar-refractivity contribution is 5.79. The van der Waals surface area contributed by atoms with Crippen LogP contribution >= 0.6 is 0 Å². The number of nitrogens with zero attached hydrogens (tertiary/aromatic N) is 1. The Labute approximate surface area is 96.5 Å². The molecule has 1 heterocycles. The lowest BCUT2D eigenvalue weighted by atomic mass is 10.1. The summed E-state index contributed by atoms with van der Waals surface area (Å²) in [5.41, 5.74) is 1.27. The number of benzene rings is 1. The highest BCUT2D eigenvalue weighted by Gasteiger charge is 2.22. The standard InChI is InChI=1S/C13H18N2O/c1-2-12-9-15(10-13(16)14-12)8-11-6-4-3-5-7-11/h3-7,12H,2,8-10H2,1H3,(H,14,16)/t12-/m0/s1. The van der Waals surface area contributed by atoms with E-state index in [1.165, 1.54) is 5.56 Å². The van der Waals surface area contributed by atoms with Gasteiger partial charge in [0.25, 0.3) is 0 Å². The van der Waals surface area contributed by atoms with Gasteiger partial charge in [-0.1, -0.05) is 37.3 Å². The van der Waals surface area contributed by atoms with Gasteiger partial charge in [0, 0.05) is 19.1 Å². The van der Waals surface area contributed by atoms with Crippen LogP contribution in [-0.4, -0.2) is 29.9 Å². The van der Waals surface area contributed by atoms with E-state index in [4.69, 9.17) is 0 Å². The predicted molar refractivity (Wildman–Crippen MR) is 63.9 cm³/mol. The maximum atomic E-state index is 11.5. The van der Waals surface area contributed by atoms with Gasteiger partial charge in [-0.3, -0.25) is 9.69 Å². The molecule has 0 aromatic heterocycles. The zero-order valence-electron chi connectivity index (χ0n) is 9.65. The van der Waals surface area contributed by atoms with Crippen LogP contribution in [0.15, 0.2) is 30.3 Å². The molecule has 1 aromatic rings. The van der Waals surface area contributed by atoms with Gasteiger partial charge in [0.15, 0.2) is 0 Å². The van der Waals surface area contributed by atoms with Crippen molar-refractivity contribution in [3.8, 4) is 0 Å². The Kier molecular flexibility index (Phi) is 3.57. The summed E-state index contributed by atoms with van der Waals surface area (Å²) in [6.07, 6.45) is 0.997. The van der Waals surface area contributed by atoms with Crippen LogP contribution in [0.5, 0.6) is 0 Å². The molecule has 1 atom stereocenters.